The van der Waals surface area contributed by atoms with E-state index >= 15 is 0 Å². The number of esters is 1. The first-order valence-electron chi connectivity index (χ1n) is 8.35. The van der Waals surface area contributed by atoms with Gasteiger partial charge in [0, 0.05) is 23.4 Å². The van der Waals surface area contributed by atoms with E-state index in [-0.39, 0.29) is 29.4 Å². The van der Waals surface area contributed by atoms with Crippen molar-refractivity contribution in [2.45, 2.75) is 56.5 Å². The van der Waals surface area contributed by atoms with Crippen LogP contribution in [0.1, 0.15) is 32.6 Å². The first kappa shape index (κ1) is 12.9. The number of aliphatic hydroxyl groups excluding tert-OH is 2. The van der Waals surface area contributed by atoms with Gasteiger partial charge in [0.15, 0.2) is 0 Å². The molecule has 116 valence electrons. The van der Waals surface area contributed by atoms with E-state index < -0.39 is 17.6 Å². The second-order valence-corrected chi connectivity index (χ2v) is 7.93. The molecule has 1 spiro atoms. The van der Waals surface area contributed by atoms with Crippen LogP contribution in [0.3, 0.4) is 0 Å². The summed E-state index contributed by atoms with van der Waals surface area (Å²) in [5, 5.41) is 21.4. The molecule has 2 aliphatic carbocycles. The van der Waals surface area contributed by atoms with Gasteiger partial charge in [-0.25, -0.2) is 0 Å². The minimum absolute atomic E-state index is 0.0355. The second-order valence-electron chi connectivity index (χ2n) is 7.93. The molecule has 5 fully saturated rings. The van der Waals surface area contributed by atoms with Crippen LogP contribution in [0.15, 0.2) is 0 Å². The molecule has 0 aromatic carbocycles. The molecule has 0 aromatic heterocycles. The number of rotatable bonds is 0. The maximum absolute atomic E-state index is 12.4. The fraction of sp³-hybridized carbons (Fsp3) is 0.938. The predicted molar refractivity (Wildman–Crippen MR) is 73.2 cm³/mol. The SMILES string of the molecule is C[C@@H]1C[C@@]23[C@@H]4CCCN2C[C@H](O)[C@@H](O)[C@@]13[C@@H]1C[C@H]4OC1=O. The number of piperidine rings is 2. The van der Waals surface area contributed by atoms with Gasteiger partial charge in [0.2, 0.25) is 0 Å². The number of hydrogen-bond acceptors (Lipinski definition) is 5. The molecule has 3 heterocycles. The van der Waals surface area contributed by atoms with Gasteiger partial charge in [-0.2, -0.15) is 0 Å². The third kappa shape index (κ3) is 1.08. The third-order valence-corrected chi connectivity index (χ3v) is 7.61. The van der Waals surface area contributed by atoms with E-state index in [1.165, 1.54) is 0 Å². The van der Waals surface area contributed by atoms with Gasteiger partial charge in [-0.15, -0.1) is 0 Å². The van der Waals surface area contributed by atoms with Crippen LogP contribution in [0.25, 0.3) is 0 Å². The van der Waals surface area contributed by atoms with Gasteiger partial charge in [0.05, 0.1) is 18.1 Å². The highest BCUT2D eigenvalue weighted by atomic mass is 16.6. The molecule has 2 saturated carbocycles. The van der Waals surface area contributed by atoms with Crippen LogP contribution in [0.2, 0.25) is 0 Å². The topological polar surface area (TPSA) is 70.0 Å². The Bertz CT molecular complexity index is 524. The van der Waals surface area contributed by atoms with Crippen molar-refractivity contribution in [3.05, 3.63) is 0 Å². The summed E-state index contributed by atoms with van der Waals surface area (Å²) in [6, 6.07) is 0. The lowest BCUT2D eigenvalue weighted by molar-refractivity contribution is -0.332. The fourth-order valence-corrected chi connectivity index (χ4v) is 7.19. The monoisotopic (exact) mass is 293 g/mol. The maximum Gasteiger partial charge on any atom is 0.310 e. The van der Waals surface area contributed by atoms with Crippen molar-refractivity contribution in [2.24, 2.45) is 23.2 Å². The second kappa shape index (κ2) is 3.63. The third-order valence-electron chi connectivity index (χ3n) is 7.61. The molecule has 3 saturated heterocycles. The molecule has 0 aromatic rings. The number of aliphatic hydroxyl groups is 2. The number of β-amino-alcohol motifs (C(OH)–C–C–N with tert-alkyl or cyclic N) is 1. The van der Waals surface area contributed by atoms with Gasteiger partial charge in [-0.1, -0.05) is 6.92 Å². The number of carbonyl (C=O) groups excluding carboxylic acids is 1. The summed E-state index contributed by atoms with van der Waals surface area (Å²) < 4.78 is 5.71. The highest BCUT2D eigenvalue weighted by Crippen LogP contribution is 2.75. The molecular formula is C16H23NO4. The van der Waals surface area contributed by atoms with Crippen molar-refractivity contribution in [3.8, 4) is 0 Å². The molecule has 21 heavy (non-hydrogen) atoms. The van der Waals surface area contributed by atoms with Crippen LogP contribution in [0.5, 0.6) is 0 Å². The summed E-state index contributed by atoms with van der Waals surface area (Å²) in [7, 11) is 0. The van der Waals surface area contributed by atoms with Crippen LogP contribution in [-0.4, -0.2) is 58.0 Å². The summed E-state index contributed by atoms with van der Waals surface area (Å²) >= 11 is 0. The molecule has 5 nitrogen and oxygen atoms in total. The van der Waals surface area contributed by atoms with E-state index in [0.717, 1.165) is 32.2 Å². The number of carbonyl (C=O) groups is 1. The van der Waals surface area contributed by atoms with Gasteiger partial charge in [0.1, 0.15) is 6.10 Å². The molecule has 5 heteroatoms. The minimum Gasteiger partial charge on any atom is -0.462 e. The van der Waals surface area contributed by atoms with E-state index in [2.05, 4.69) is 11.8 Å². The summed E-state index contributed by atoms with van der Waals surface area (Å²) in [4.78, 5) is 14.8. The van der Waals surface area contributed by atoms with Crippen molar-refractivity contribution in [1.29, 1.82) is 0 Å². The van der Waals surface area contributed by atoms with Crippen molar-refractivity contribution in [2.75, 3.05) is 13.1 Å². The summed E-state index contributed by atoms with van der Waals surface area (Å²) in [5.41, 5.74) is -0.594. The summed E-state index contributed by atoms with van der Waals surface area (Å²) in [6.45, 7) is 3.66. The van der Waals surface area contributed by atoms with Crippen molar-refractivity contribution >= 4 is 5.97 Å². The van der Waals surface area contributed by atoms with Crippen LogP contribution < -0.4 is 0 Å². The lowest BCUT2D eigenvalue weighted by atomic mass is 9.33. The van der Waals surface area contributed by atoms with E-state index in [0.29, 0.717) is 12.5 Å². The van der Waals surface area contributed by atoms with E-state index in [4.69, 9.17) is 4.74 Å². The summed E-state index contributed by atoms with van der Waals surface area (Å²) in [5.74, 6) is 0.246. The molecule has 2 N–H and O–H groups in total. The van der Waals surface area contributed by atoms with Gasteiger partial charge < -0.3 is 14.9 Å². The number of ether oxygens (including phenoxy) is 1. The fourth-order valence-electron chi connectivity index (χ4n) is 7.19. The first-order valence-corrected chi connectivity index (χ1v) is 8.35. The van der Waals surface area contributed by atoms with Crippen molar-refractivity contribution in [3.63, 3.8) is 0 Å². The minimum atomic E-state index is -0.797. The van der Waals surface area contributed by atoms with Gasteiger partial charge >= 0.3 is 5.97 Å². The number of hydrogen-bond donors (Lipinski definition) is 2. The zero-order valence-corrected chi connectivity index (χ0v) is 12.4. The Morgan fingerprint density at radius 2 is 2.19 bits per heavy atom. The quantitative estimate of drug-likeness (QED) is 0.622. The van der Waals surface area contributed by atoms with Crippen LogP contribution >= 0.6 is 0 Å². The molecule has 5 aliphatic rings. The highest BCUT2D eigenvalue weighted by molar-refractivity contribution is 5.78. The van der Waals surface area contributed by atoms with Gasteiger partial charge in [0.25, 0.3) is 0 Å². The Balaban J connectivity index is 1.75. The predicted octanol–water partition coefficient (Wildman–Crippen LogP) is 0.144. The Morgan fingerprint density at radius 3 is 2.95 bits per heavy atom. The number of fused-ring (bicyclic) bond motifs is 3. The van der Waals surface area contributed by atoms with E-state index in [1.807, 2.05) is 0 Å². The molecule has 8 atom stereocenters. The highest BCUT2D eigenvalue weighted by Gasteiger charge is 2.83. The Kier molecular flexibility index (Phi) is 2.22. The zero-order chi connectivity index (χ0) is 14.6. The molecule has 0 amide bonds. The lowest BCUT2D eigenvalue weighted by Gasteiger charge is -2.78. The molecule has 3 aliphatic heterocycles. The van der Waals surface area contributed by atoms with Crippen LogP contribution in [-0.2, 0) is 9.53 Å². The van der Waals surface area contributed by atoms with Crippen LogP contribution in [0, 0.1) is 23.2 Å². The maximum atomic E-state index is 12.4. The molecule has 2 bridgehead atoms. The van der Waals surface area contributed by atoms with Crippen LogP contribution in [0.4, 0.5) is 0 Å². The van der Waals surface area contributed by atoms with E-state index in [9.17, 15) is 15.0 Å². The largest absolute Gasteiger partial charge is 0.462 e. The average Bonchev–Trinajstić information content (AvgIpc) is 2.78. The molecular weight excluding hydrogens is 270 g/mol. The van der Waals surface area contributed by atoms with Crippen molar-refractivity contribution in [1.82, 2.24) is 4.90 Å². The van der Waals surface area contributed by atoms with Gasteiger partial charge in [-0.3, -0.25) is 9.69 Å². The molecule has 5 rings (SSSR count). The Labute approximate surface area is 124 Å². The smallest absolute Gasteiger partial charge is 0.310 e. The zero-order valence-electron chi connectivity index (χ0n) is 12.4. The van der Waals surface area contributed by atoms with Crippen molar-refractivity contribution < 1.29 is 19.7 Å². The number of nitrogens with zero attached hydrogens (tertiary/aromatic N) is 1. The standard InChI is InChI=1S/C16H23NO4/c1-8-6-15-9-3-2-4-17(15)7-11(18)13(19)16(8,15)10-5-12(9)21-14(10)20/h8-13,18-19H,2-7H2,1H3/t8-,9-,10-,11+,12-,13-,15+,16+/m1/s1. The first-order chi connectivity index (χ1) is 10.0. The van der Waals surface area contributed by atoms with E-state index in [1.54, 1.807) is 0 Å². The average molecular weight is 293 g/mol. The summed E-state index contributed by atoms with van der Waals surface area (Å²) in [6.07, 6.45) is 2.45. The Morgan fingerprint density at radius 1 is 1.38 bits per heavy atom. The molecule has 0 radical (unpaired) electrons. The molecule has 0 unspecified atom stereocenters. The Hall–Kier alpha value is -0.650. The normalized spacial score (nSPS) is 61.6. The lowest BCUT2D eigenvalue weighted by Crippen LogP contribution is -2.87. The van der Waals surface area contributed by atoms with Gasteiger partial charge in [-0.05, 0) is 38.1 Å².